The van der Waals surface area contributed by atoms with Gasteiger partial charge in [0.05, 0.1) is 5.69 Å². The van der Waals surface area contributed by atoms with Crippen molar-refractivity contribution < 1.29 is 4.79 Å². The number of anilines is 1. The van der Waals surface area contributed by atoms with Crippen LogP contribution in [-0.2, 0) is 4.79 Å². The van der Waals surface area contributed by atoms with Crippen molar-refractivity contribution >= 4 is 23.2 Å². The van der Waals surface area contributed by atoms with Crippen molar-refractivity contribution in [3.8, 4) is 5.69 Å². The van der Waals surface area contributed by atoms with E-state index in [9.17, 15) is 4.79 Å². The quantitative estimate of drug-likeness (QED) is 0.854. The first kappa shape index (κ1) is 13.6. The number of benzene rings is 1. The van der Waals surface area contributed by atoms with Gasteiger partial charge in [-0.05, 0) is 43.2 Å². The molecule has 1 heterocycles. The lowest BCUT2D eigenvalue weighted by molar-refractivity contribution is -0.116. The molecule has 2 rings (SSSR count). The van der Waals surface area contributed by atoms with Crippen LogP contribution in [-0.4, -0.2) is 21.6 Å². The van der Waals surface area contributed by atoms with Gasteiger partial charge >= 0.3 is 0 Å². The van der Waals surface area contributed by atoms with Crippen LogP contribution in [0.3, 0.4) is 0 Å². The molecule has 4 nitrogen and oxygen atoms in total. The molecular weight excluding hydrogens is 262 g/mol. The Morgan fingerprint density at radius 1 is 1.47 bits per heavy atom. The van der Waals surface area contributed by atoms with Gasteiger partial charge in [0.15, 0.2) is 0 Å². The van der Waals surface area contributed by atoms with Gasteiger partial charge in [0.2, 0.25) is 5.91 Å². The van der Waals surface area contributed by atoms with E-state index in [-0.39, 0.29) is 5.91 Å². The number of hydrogen-bond donors (Lipinski definition) is 1. The van der Waals surface area contributed by atoms with Crippen LogP contribution in [0, 0.1) is 6.92 Å². The summed E-state index contributed by atoms with van der Waals surface area (Å²) in [7, 11) is 0. The summed E-state index contributed by atoms with van der Waals surface area (Å²) in [6.07, 6.45) is 4.76. The maximum Gasteiger partial charge on any atom is 0.224 e. The van der Waals surface area contributed by atoms with Gasteiger partial charge < -0.3 is 5.32 Å². The maximum absolute atomic E-state index is 11.6. The molecule has 0 unspecified atom stereocenters. The molecule has 5 heteroatoms. The minimum atomic E-state index is -0.00408. The number of carbonyl (C=O) groups excluding carboxylic acids is 1. The fraction of sp³-hybridized carbons (Fsp3) is 0.286. The number of nitrogens with zero attached hydrogens (tertiary/aromatic N) is 2. The molecule has 0 aliphatic heterocycles. The van der Waals surface area contributed by atoms with Crippen LogP contribution in [0.1, 0.15) is 18.4 Å². The molecule has 100 valence electrons. The first-order chi connectivity index (χ1) is 9.20. The molecule has 0 atom stereocenters. The summed E-state index contributed by atoms with van der Waals surface area (Å²) in [5, 5.41) is 7.06. The summed E-state index contributed by atoms with van der Waals surface area (Å²) in [6, 6.07) is 7.68. The SMILES string of the molecule is Cc1cc(-n2cccn2)ccc1NC(=O)CCCCl. The van der Waals surface area contributed by atoms with Crippen LogP contribution in [0.25, 0.3) is 5.69 Å². The van der Waals surface area contributed by atoms with Crippen molar-refractivity contribution in [1.82, 2.24) is 9.78 Å². The van der Waals surface area contributed by atoms with Crippen molar-refractivity contribution in [2.24, 2.45) is 0 Å². The van der Waals surface area contributed by atoms with Gasteiger partial charge in [-0.1, -0.05) is 0 Å². The molecule has 0 fully saturated rings. The number of alkyl halides is 1. The molecule has 1 N–H and O–H groups in total. The zero-order chi connectivity index (χ0) is 13.7. The van der Waals surface area contributed by atoms with E-state index in [1.54, 1.807) is 10.9 Å². The first-order valence-electron chi connectivity index (χ1n) is 6.17. The highest BCUT2D eigenvalue weighted by Crippen LogP contribution is 2.19. The third kappa shape index (κ3) is 3.58. The number of carbonyl (C=O) groups is 1. The maximum atomic E-state index is 11.6. The van der Waals surface area contributed by atoms with Gasteiger partial charge in [0.1, 0.15) is 0 Å². The molecule has 0 bridgehead atoms. The average molecular weight is 278 g/mol. The number of aromatic nitrogens is 2. The molecular formula is C14H16ClN3O. The summed E-state index contributed by atoms with van der Waals surface area (Å²) < 4.78 is 1.78. The van der Waals surface area contributed by atoms with Gasteiger partial charge in [-0.15, -0.1) is 11.6 Å². The van der Waals surface area contributed by atoms with Crippen LogP contribution < -0.4 is 5.32 Å². The second kappa shape index (κ2) is 6.38. The summed E-state index contributed by atoms with van der Waals surface area (Å²) in [4.78, 5) is 11.6. The van der Waals surface area contributed by atoms with E-state index in [1.807, 2.05) is 37.4 Å². The van der Waals surface area contributed by atoms with E-state index in [1.165, 1.54) is 0 Å². The van der Waals surface area contributed by atoms with Crippen molar-refractivity contribution in [2.45, 2.75) is 19.8 Å². The number of nitrogens with one attached hydrogen (secondary N) is 1. The van der Waals surface area contributed by atoms with E-state index >= 15 is 0 Å². The molecule has 0 radical (unpaired) electrons. The predicted molar refractivity (Wildman–Crippen MR) is 76.9 cm³/mol. The van der Waals surface area contributed by atoms with Crippen molar-refractivity contribution in [3.63, 3.8) is 0 Å². The van der Waals surface area contributed by atoms with Crippen LogP contribution in [0.5, 0.6) is 0 Å². The fourth-order valence-corrected chi connectivity index (χ4v) is 1.93. The fourth-order valence-electron chi connectivity index (χ4n) is 1.79. The highest BCUT2D eigenvalue weighted by Gasteiger charge is 2.06. The Morgan fingerprint density at radius 3 is 2.95 bits per heavy atom. The zero-order valence-electron chi connectivity index (χ0n) is 10.8. The number of halogens is 1. The largest absolute Gasteiger partial charge is 0.326 e. The number of aryl methyl sites for hydroxylation is 1. The van der Waals surface area contributed by atoms with E-state index in [4.69, 9.17) is 11.6 Å². The zero-order valence-corrected chi connectivity index (χ0v) is 11.5. The molecule has 0 spiro atoms. The lowest BCUT2D eigenvalue weighted by Crippen LogP contribution is -2.12. The second-order valence-corrected chi connectivity index (χ2v) is 4.67. The van der Waals surface area contributed by atoms with Gasteiger partial charge in [-0.2, -0.15) is 5.10 Å². The van der Waals surface area contributed by atoms with Gasteiger partial charge in [0.25, 0.3) is 0 Å². The Balaban J connectivity index is 2.09. The molecule has 0 aliphatic carbocycles. The normalized spacial score (nSPS) is 10.4. The molecule has 0 saturated heterocycles. The molecule has 0 aliphatic rings. The molecule has 2 aromatic rings. The van der Waals surface area contributed by atoms with Crippen molar-refractivity contribution in [2.75, 3.05) is 11.2 Å². The first-order valence-corrected chi connectivity index (χ1v) is 6.70. The standard InChI is InChI=1S/C14H16ClN3O/c1-11-10-12(18-9-3-8-16-18)5-6-13(11)17-14(19)4-2-7-15/h3,5-6,8-10H,2,4,7H2,1H3,(H,17,19). The van der Waals surface area contributed by atoms with Gasteiger partial charge in [-0.25, -0.2) is 4.68 Å². The summed E-state index contributed by atoms with van der Waals surface area (Å²) in [6.45, 7) is 1.96. The number of hydrogen-bond acceptors (Lipinski definition) is 2. The minimum absolute atomic E-state index is 0.00408. The number of amides is 1. The summed E-state index contributed by atoms with van der Waals surface area (Å²) in [5.74, 6) is 0.501. The third-order valence-corrected chi connectivity index (χ3v) is 3.06. The van der Waals surface area contributed by atoms with E-state index in [0.29, 0.717) is 18.7 Å². The average Bonchev–Trinajstić information content (AvgIpc) is 2.92. The van der Waals surface area contributed by atoms with Crippen molar-refractivity contribution in [1.29, 1.82) is 0 Å². The van der Waals surface area contributed by atoms with Crippen LogP contribution in [0.4, 0.5) is 5.69 Å². The predicted octanol–water partition coefficient (Wildman–Crippen LogP) is 3.14. The molecule has 0 saturated carbocycles. The number of rotatable bonds is 5. The van der Waals surface area contributed by atoms with E-state index in [2.05, 4.69) is 10.4 Å². The minimum Gasteiger partial charge on any atom is -0.326 e. The lowest BCUT2D eigenvalue weighted by atomic mass is 10.1. The van der Waals surface area contributed by atoms with E-state index < -0.39 is 0 Å². The Hall–Kier alpha value is -1.81. The Morgan fingerprint density at radius 2 is 2.32 bits per heavy atom. The van der Waals surface area contributed by atoms with Crippen molar-refractivity contribution in [3.05, 3.63) is 42.2 Å². The highest BCUT2D eigenvalue weighted by atomic mass is 35.5. The van der Waals surface area contributed by atoms with Gasteiger partial charge in [-0.3, -0.25) is 4.79 Å². The second-order valence-electron chi connectivity index (χ2n) is 4.29. The molecule has 1 aromatic heterocycles. The molecule has 1 amide bonds. The Bertz CT molecular complexity index is 552. The van der Waals surface area contributed by atoms with E-state index in [0.717, 1.165) is 16.9 Å². The highest BCUT2D eigenvalue weighted by molar-refractivity contribution is 6.18. The molecule has 19 heavy (non-hydrogen) atoms. The van der Waals surface area contributed by atoms with Gasteiger partial charge in [0, 0.05) is 30.4 Å². The molecule has 1 aromatic carbocycles. The summed E-state index contributed by atoms with van der Waals surface area (Å²) in [5.41, 5.74) is 2.81. The van der Waals surface area contributed by atoms with Crippen LogP contribution in [0.15, 0.2) is 36.7 Å². The Labute approximate surface area is 117 Å². The monoisotopic (exact) mass is 277 g/mol. The summed E-state index contributed by atoms with van der Waals surface area (Å²) >= 11 is 5.57. The van der Waals surface area contributed by atoms with Crippen LogP contribution in [0.2, 0.25) is 0 Å². The smallest absolute Gasteiger partial charge is 0.224 e. The lowest BCUT2D eigenvalue weighted by Gasteiger charge is -2.10. The van der Waals surface area contributed by atoms with Crippen LogP contribution >= 0.6 is 11.6 Å². The Kier molecular flexibility index (Phi) is 4.58. The third-order valence-electron chi connectivity index (χ3n) is 2.79. The topological polar surface area (TPSA) is 46.9 Å².